The average Bonchev–Trinajstić information content (AvgIpc) is 3.13. The lowest BCUT2D eigenvalue weighted by Gasteiger charge is -2.25. The van der Waals surface area contributed by atoms with E-state index in [0.717, 1.165) is 34.4 Å². The van der Waals surface area contributed by atoms with Crippen molar-refractivity contribution in [1.29, 1.82) is 0 Å². The van der Waals surface area contributed by atoms with E-state index in [2.05, 4.69) is 12.2 Å². The highest BCUT2D eigenvalue weighted by molar-refractivity contribution is 7.10. The Morgan fingerprint density at radius 2 is 2.04 bits per heavy atom. The van der Waals surface area contributed by atoms with Crippen molar-refractivity contribution in [2.24, 2.45) is 0 Å². The summed E-state index contributed by atoms with van der Waals surface area (Å²) in [4.78, 5) is 27.8. The van der Waals surface area contributed by atoms with E-state index in [1.165, 1.54) is 0 Å². The van der Waals surface area contributed by atoms with Gasteiger partial charge in [0.1, 0.15) is 5.60 Å². The smallest absolute Gasteiger partial charge is 0.407 e. The summed E-state index contributed by atoms with van der Waals surface area (Å²) in [7, 11) is 0. The summed E-state index contributed by atoms with van der Waals surface area (Å²) in [5.74, 6) is 0.0718. The van der Waals surface area contributed by atoms with Crippen molar-refractivity contribution in [3.05, 3.63) is 46.2 Å². The fourth-order valence-electron chi connectivity index (χ4n) is 3.90. The zero-order chi connectivity index (χ0) is 18.1. The van der Waals surface area contributed by atoms with Crippen LogP contribution in [0, 0.1) is 6.92 Å². The Bertz CT molecular complexity index is 833. The molecule has 2 aliphatic rings. The molecule has 136 valence electrons. The quantitative estimate of drug-likeness (QED) is 0.874. The number of hydrogen-bond acceptors (Lipinski definition) is 4. The molecule has 5 nitrogen and oxygen atoms in total. The first-order chi connectivity index (χ1) is 12.6. The molecule has 0 radical (unpaired) electrons. The summed E-state index contributed by atoms with van der Waals surface area (Å²) in [6, 6.07) is 10.1. The van der Waals surface area contributed by atoms with E-state index in [0.29, 0.717) is 26.1 Å². The van der Waals surface area contributed by atoms with Gasteiger partial charge in [0.15, 0.2) is 0 Å². The van der Waals surface area contributed by atoms with Crippen LogP contribution in [0.15, 0.2) is 35.7 Å². The van der Waals surface area contributed by atoms with Crippen molar-refractivity contribution < 1.29 is 14.3 Å². The lowest BCUT2D eigenvalue weighted by Crippen LogP contribution is -2.36. The van der Waals surface area contributed by atoms with E-state index < -0.39 is 5.60 Å². The molecule has 2 aliphatic heterocycles. The number of aryl methyl sites for hydroxylation is 1. The van der Waals surface area contributed by atoms with Crippen LogP contribution in [0.2, 0.25) is 0 Å². The molecule has 2 fully saturated rings. The van der Waals surface area contributed by atoms with Gasteiger partial charge in [0.25, 0.3) is 5.91 Å². The van der Waals surface area contributed by atoms with Gasteiger partial charge >= 0.3 is 6.09 Å². The number of nitrogens with one attached hydrogen (secondary N) is 1. The van der Waals surface area contributed by atoms with Crippen LogP contribution in [-0.4, -0.2) is 42.1 Å². The number of carbonyl (C=O) groups is 2. The van der Waals surface area contributed by atoms with Crippen LogP contribution in [-0.2, 0) is 4.74 Å². The molecule has 0 unspecified atom stereocenters. The van der Waals surface area contributed by atoms with Crippen molar-refractivity contribution in [3.63, 3.8) is 0 Å². The molecule has 0 aliphatic carbocycles. The Morgan fingerprint density at radius 3 is 2.77 bits per heavy atom. The summed E-state index contributed by atoms with van der Waals surface area (Å²) in [6.45, 7) is 3.91. The van der Waals surface area contributed by atoms with Crippen LogP contribution in [0.4, 0.5) is 4.79 Å². The number of rotatable bonds is 2. The molecule has 1 atom stereocenters. The number of hydrogen-bond donors (Lipinski definition) is 1. The Labute approximate surface area is 157 Å². The monoisotopic (exact) mass is 370 g/mol. The van der Waals surface area contributed by atoms with Gasteiger partial charge in [-0.05, 0) is 25.3 Å². The molecular formula is C20H22N2O3S. The molecule has 2 aromatic rings. The predicted molar refractivity (Wildman–Crippen MR) is 101 cm³/mol. The lowest BCUT2D eigenvalue weighted by molar-refractivity contribution is 0.0439. The van der Waals surface area contributed by atoms with Gasteiger partial charge in [-0.1, -0.05) is 30.3 Å². The second-order valence-electron chi connectivity index (χ2n) is 7.02. The number of nitrogens with zero attached hydrogens (tertiary/aromatic N) is 1. The van der Waals surface area contributed by atoms with E-state index in [1.54, 1.807) is 11.3 Å². The van der Waals surface area contributed by atoms with Gasteiger partial charge in [-0.15, -0.1) is 11.3 Å². The Hall–Kier alpha value is -2.34. The standard InChI is InChI=1S/C20H22N2O3S/c1-14-17(15-6-3-2-4-7-15)16(12-26-14)18(23)22-10-5-8-20(9-11-22)13-21-19(24)25-20/h2-4,6-7,12H,5,8-11,13H2,1H3,(H,21,24)/t20-/m1/s1. The molecule has 6 heteroatoms. The summed E-state index contributed by atoms with van der Waals surface area (Å²) < 4.78 is 5.51. The molecule has 3 heterocycles. The third-order valence-corrected chi connectivity index (χ3v) is 6.23. The largest absolute Gasteiger partial charge is 0.441 e. The van der Waals surface area contributed by atoms with Crippen LogP contribution < -0.4 is 5.32 Å². The fourth-order valence-corrected chi connectivity index (χ4v) is 4.76. The molecular weight excluding hydrogens is 348 g/mol. The molecule has 1 aromatic carbocycles. The highest BCUT2D eigenvalue weighted by Gasteiger charge is 2.42. The average molecular weight is 370 g/mol. The van der Waals surface area contributed by atoms with E-state index in [9.17, 15) is 9.59 Å². The van der Waals surface area contributed by atoms with Gasteiger partial charge in [-0.25, -0.2) is 4.79 Å². The Kier molecular flexibility index (Phi) is 4.44. The van der Waals surface area contributed by atoms with Gasteiger partial charge in [0.2, 0.25) is 0 Å². The first-order valence-electron chi connectivity index (χ1n) is 8.98. The van der Waals surface area contributed by atoms with Crippen LogP contribution in [0.1, 0.15) is 34.5 Å². The maximum atomic E-state index is 13.2. The maximum Gasteiger partial charge on any atom is 0.407 e. The maximum absolute atomic E-state index is 13.2. The minimum atomic E-state index is -0.445. The number of alkyl carbamates (subject to hydrolysis) is 1. The number of carbonyl (C=O) groups excluding carboxylic acids is 2. The van der Waals surface area contributed by atoms with Crippen LogP contribution in [0.3, 0.4) is 0 Å². The number of ether oxygens (including phenoxy) is 1. The zero-order valence-corrected chi connectivity index (χ0v) is 15.6. The summed E-state index contributed by atoms with van der Waals surface area (Å²) in [5, 5.41) is 4.72. The van der Waals surface area contributed by atoms with Crippen molar-refractivity contribution in [2.75, 3.05) is 19.6 Å². The third-order valence-electron chi connectivity index (χ3n) is 5.32. The van der Waals surface area contributed by atoms with Gasteiger partial charge in [-0.2, -0.15) is 0 Å². The van der Waals surface area contributed by atoms with Crippen molar-refractivity contribution in [3.8, 4) is 11.1 Å². The first kappa shape index (κ1) is 17.1. The highest BCUT2D eigenvalue weighted by atomic mass is 32.1. The molecule has 2 saturated heterocycles. The van der Waals surface area contributed by atoms with Gasteiger partial charge in [-0.3, -0.25) is 4.79 Å². The van der Waals surface area contributed by atoms with Gasteiger partial charge in [0.05, 0.1) is 12.1 Å². The lowest BCUT2D eigenvalue weighted by atomic mass is 9.95. The Balaban J connectivity index is 1.56. The number of thiophene rings is 1. The number of likely N-dealkylation sites (tertiary alicyclic amines) is 1. The summed E-state index contributed by atoms with van der Waals surface area (Å²) in [6.07, 6.45) is 1.97. The van der Waals surface area contributed by atoms with Crippen molar-refractivity contribution in [2.45, 2.75) is 31.8 Å². The Morgan fingerprint density at radius 1 is 1.23 bits per heavy atom. The topological polar surface area (TPSA) is 58.6 Å². The normalized spacial score (nSPS) is 22.8. The first-order valence-corrected chi connectivity index (χ1v) is 9.86. The number of benzene rings is 1. The highest BCUT2D eigenvalue weighted by Crippen LogP contribution is 2.35. The molecule has 0 bridgehead atoms. The molecule has 1 aromatic heterocycles. The van der Waals surface area contributed by atoms with E-state index in [4.69, 9.17) is 4.74 Å². The van der Waals surface area contributed by atoms with Gasteiger partial charge < -0.3 is 15.0 Å². The molecule has 2 amide bonds. The minimum absolute atomic E-state index is 0.0718. The molecule has 26 heavy (non-hydrogen) atoms. The van der Waals surface area contributed by atoms with Crippen molar-refractivity contribution in [1.82, 2.24) is 10.2 Å². The summed E-state index contributed by atoms with van der Waals surface area (Å²) in [5.41, 5.74) is 2.44. The van der Waals surface area contributed by atoms with E-state index in [1.807, 2.05) is 40.6 Å². The van der Waals surface area contributed by atoms with Crippen LogP contribution in [0.25, 0.3) is 11.1 Å². The van der Waals surface area contributed by atoms with Gasteiger partial charge in [0, 0.05) is 35.3 Å². The molecule has 1 spiro atoms. The molecule has 1 N–H and O–H groups in total. The fraction of sp³-hybridized carbons (Fsp3) is 0.400. The van der Waals surface area contributed by atoms with E-state index in [-0.39, 0.29) is 12.0 Å². The summed E-state index contributed by atoms with van der Waals surface area (Å²) >= 11 is 1.62. The SMILES string of the molecule is Cc1scc(C(=O)N2CCC[C@@]3(CC2)CNC(=O)O3)c1-c1ccccc1. The minimum Gasteiger partial charge on any atom is -0.441 e. The van der Waals surface area contributed by atoms with Crippen LogP contribution >= 0.6 is 11.3 Å². The zero-order valence-electron chi connectivity index (χ0n) is 14.8. The molecule has 0 saturated carbocycles. The van der Waals surface area contributed by atoms with Crippen LogP contribution in [0.5, 0.6) is 0 Å². The predicted octanol–water partition coefficient (Wildman–Crippen LogP) is 3.83. The third kappa shape index (κ3) is 3.09. The van der Waals surface area contributed by atoms with Crippen molar-refractivity contribution >= 4 is 23.3 Å². The molecule has 4 rings (SSSR count). The second kappa shape index (κ2) is 6.76. The number of amides is 2. The van der Waals surface area contributed by atoms with E-state index >= 15 is 0 Å². The second-order valence-corrected chi connectivity index (χ2v) is 8.10.